The Hall–Kier alpha value is -5.87. The Morgan fingerprint density at radius 3 is 1.69 bits per heavy atom. The van der Waals surface area contributed by atoms with E-state index in [1.807, 2.05) is 89.5 Å². The molecule has 0 radical (unpaired) electrons. The van der Waals surface area contributed by atoms with Crippen molar-refractivity contribution in [3.8, 4) is 44.8 Å². The van der Waals surface area contributed by atoms with E-state index in [-0.39, 0.29) is 49.9 Å². The summed E-state index contributed by atoms with van der Waals surface area (Å²) in [5.74, 6) is 0. The molecule has 298 valence electrons. The first-order valence-electron chi connectivity index (χ1n) is 17.5. The third-order valence-electron chi connectivity index (χ3n) is 9.14. The van der Waals surface area contributed by atoms with Gasteiger partial charge in [0, 0.05) is 96.1 Å². The van der Waals surface area contributed by atoms with Gasteiger partial charge in [-0.25, -0.2) is 24.9 Å². The number of imidazole rings is 2. The van der Waals surface area contributed by atoms with Crippen molar-refractivity contribution in [1.29, 1.82) is 0 Å². The van der Waals surface area contributed by atoms with Crippen LogP contribution in [0.1, 0.15) is 14.9 Å². The maximum atomic E-state index is 5.57. The second-order valence-corrected chi connectivity index (χ2v) is 13.9. The minimum atomic E-state index is 0. The molecule has 6 aromatic heterocycles. The van der Waals surface area contributed by atoms with Crippen molar-refractivity contribution >= 4 is 45.5 Å². The van der Waals surface area contributed by atoms with Gasteiger partial charge in [-0.2, -0.15) is 0 Å². The Kier molecular flexibility index (Phi) is 16.1. The number of aromatic amines is 3. The van der Waals surface area contributed by atoms with Crippen molar-refractivity contribution in [1.82, 2.24) is 39.6 Å². The minimum absolute atomic E-state index is 0. The number of rotatable bonds is 10. The fourth-order valence-corrected chi connectivity index (χ4v) is 6.61. The maximum Gasteiger partial charge on any atom is 1.00 e. The first kappa shape index (κ1) is 45.8. The summed E-state index contributed by atoms with van der Waals surface area (Å²) in [7, 11) is 8.14. The third kappa shape index (κ3) is 10.2. The van der Waals surface area contributed by atoms with Crippen LogP contribution in [0, 0.1) is 0 Å². The fraction of sp³-hybridized carbons (Fsp3) is 0.136. The average molecular weight is 819 g/mol. The number of nitrogens with zero attached hydrogens (tertiary/aromatic N) is 7. The molecule has 0 aliphatic rings. The van der Waals surface area contributed by atoms with Crippen molar-refractivity contribution in [3.63, 3.8) is 0 Å². The van der Waals surface area contributed by atoms with Crippen molar-refractivity contribution in [2.45, 2.75) is 19.7 Å². The normalized spacial score (nSPS) is 10.3. The molecule has 4 N–H and O–H groups in total. The van der Waals surface area contributed by atoms with Gasteiger partial charge in [0.1, 0.15) is 5.65 Å². The quantitative estimate of drug-likeness (QED) is 0.0567. The molecular formula is C44H47N10NaO3S. The maximum absolute atomic E-state index is 5.57. The van der Waals surface area contributed by atoms with E-state index in [2.05, 4.69) is 105 Å². The summed E-state index contributed by atoms with van der Waals surface area (Å²) in [6, 6.07) is 30.9. The minimum Gasteiger partial charge on any atom is -0.870 e. The number of hydrogen-bond donors (Lipinski definition) is 3. The topological polar surface area (TPSA) is 159 Å². The predicted octanol–water partition coefficient (Wildman–Crippen LogP) is 7.01. The van der Waals surface area contributed by atoms with Crippen LogP contribution in [0.5, 0.6) is 0 Å². The molecule has 0 aliphatic heterocycles. The first-order chi connectivity index (χ1) is 26.9. The number of aromatic nitrogens is 8. The summed E-state index contributed by atoms with van der Waals surface area (Å²) in [4.78, 5) is 37.7. The van der Waals surface area contributed by atoms with Crippen LogP contribution in [0.2, 0.25) is 0 Å². The summed E-state index contributed by atoms with van der Waals surface area (Å²) in [6.45, 7) is 0. The molecule has 13 nitrogen and oxygen atoms in total. The monoisotopic (exact) mass is 818 g/mol. The van der Waals surface area contributed by atoms with Crippen LogP contribution < -0.4 is 44.3 Å². The average Bonchev–Trinajstić information content (AvgIpc) is 4.06. The molecule has 0 saturated heterocycles. The number of nitrogens with one attached hydrogen (secondary N) is 3. The van der Waals surface area contributed by atoms with Crippen LogP contribution in [0.4, 0.5) is 11.4 Å². The van der Waals surface area contributed by atoms with E-state index in [1.54, 1.807) is 18.9 Å². The van der Waals surface area contributed by atoms with E-state index < -0.39 is 0 Å². The number of pyridine rings is 2. The van der Waals surface area contributed by atoms with Gasteiger partial charge in [0.2, 0.25) is 0 Å². The van der Waals surface area contributed by atoms with Gasteiger partial charge in [-0.05, 0) is 59.7 Å². The zero-order valence-corrected chi connectivity index (χ0v) is 34.9. The SMILES string of the molecule is C.C.CN(C)c1ccc(-c2cnc3[nH]cc(-c4cnc[nH]4)c3c2)cc1.CN(C)c1ccc(-c2cnc3c(c2)c(-c2cnc[nH]2)cn3OOSc2ccccc2)cc1.[Na+].[OH-]. The van der Waals surface area contributed by atoms with Crippen LogP contribution in [-0.2, 0) is 4.33 Å². The Labute approximate surface area is 370 Å². The number of H-pyrrole nitrogens is 3. The molecule has 0 saturated carbocycles. The van der Waals surface area contributed by atoms with Gasteiger partial charge >= 0.3 is 29.6 Å². The van der Waals surface area contributed by atoms with Crippen LogP contribution >= 0.6 is 12.0 Å². The molecule has 9 rings (SSSR count). The van der Waals surface area contributed by atoms with Crippen LogP contribution in [-0.4, -0.2) is 73.3 Å². The number of fused-ring (bicyclic) bond motifs is 2. The van der Waals surface area contributed by atoms with Crippen molar-refractivity contribution in [3.05, 3.63) is 141 Å². The van der Waals surface area contributed by atoms with Crippen molar-refractivity contribution < 1.29 is 44.4 Å². The van der Waals surface area contributed by atoms with Crippen LogP contribution in [0.3, 0.4) is 0 Å². The van der Waals surface area contributed by atoms with E-state index in [1.165, 1.54) is 10.4 Å². The molecule has 0 amide bonds. The molecule has 0 spiro atoms. The van der Waals surface area contributed by atoms with Crippen molar-refractivity contribution in [2.24, 2.45) is 0 Å². The summed E-state index contributed by atoms with van der Waals surface area (Å²) >= 11 is 1.14. The van der Waals surface area contributed by atoms with E-state index in [0.717, 1.165) is 83.8 Å². The van der Waals surface area contributed by atoms with Gasteiger partial charge in [-0.1, -0.05) is 61.7 Å². The molecule has 3 aromatic carbocycles. The second-order valence-electron chi connectivity index (χ2n) is 13.1. The van der Waals surface area contributed by atoms with Crippen LogP contribution in [0.25, 0.3) is 66.8 Å². The summed E-state index contributed by atoms with van der Waals surface area (Å²) < 4.78 is 6.93. The number of anilines is 2. The van der Waals surface area contributed by atoms with Gasteiger partial charge < -0.3 is 30.2 Å². The van der Waals surface area contributed by atoms with E-state index in [0.29, 0.717) is 5.65 Å². The molecule has 0 unspecified atom stereocenters. The third-order valence-corrected chi connectivity index (χ3v) is 9.73. The molecule has 0 aliphatic carbocycles. The van der Waals surface area contributed by atoms with Gasteiger partial charge in [-0.3, -0.25) is 0 Å². The standard InChI is InChI=1S/C24H21N5O2S.C18H17N5.2CH4.Na.H2O/c1-28(2)19-10-8-17(9-11-19)18-12-21-22(23-14-25-16-27-23)15-29(24(21)26-13-18)30-31-32-20-6-4-3-5-7-20;1-23(2)14-5-3-12(4-6-14)13-7-15-16(17-10-19-11-22-17)9-21-18(15)20-8-13;;;;/h3-16H,1-2H3,(H,25,27);3-11H,1-2H3,(H,19,22)(H,20,21);2*1H4;;1H2/q;;;;+1;/p-1. The van der Waals surface area contributed by atoms with E-state index in [4.69, 9.17) is 9.32 Å². The summed E-state index contributed by atoms with van der Waals surface area (Å²) in [5, 5.41) is 2.01. The second kappa shape index (κ2) is 20.7. The molecular weight excluding hydrogens is 772 g/mol. The Bertz CT molecular complexity index is 2630. The number of hydrogen-bond acceptors (Lipinski definition) is 10. The van der Waals surface area contributed by atoms with Crippen molar-refractivity contribution in [2.75, 3.05) is 38.0 Å². The Morgan fingerprint density at radius 2 is 1.15 bits per heavy atom. The molecule has 6 heterocycles. The molecule has 0 fully saturated rings. The number of benzene rings is 3. The fourth-order valence-electron chi connectivity index (χ4n) is 6.17. The van der Waals surface area contributed by atoms with Gasteiger partial charge in [0.15, 0.2) is 5.65 Å². The zero-order valence-electron chi connectivity index (χ0n) is 32.1. The Balaban J connectivity index is 0.000000255. The molecule has 15 heteroatoms. The summed E-state index contributed by atoms with van der Waals surface area (Å²) in [5.41, 5.74) is 12.1. The largest absolute Gasteiger partial charge is 1.00 e. The van der Waals surface area contributed by atoms with Crippen LogP contribution in [0.15, 0.2) is 146 Å². The smallest absolute Gasteiger partial charge is 0.870 e. The zero-order chi connectivity index (χ0) is 37.7. The molecule has 0 atom stereocenters. The van der Waals surface area contributed by atoms with E-state index >= 15 is 0 Å². The van der Waals surface area contributed by atoms with E-state index in [9.17, 15) is 0 Å². The summed E-state index contributed by atoms with van der Waals surface area (Å²) in [6.07, 6.45) is 14.5. The first-order valence-corrected chi connectivity index (χ1v) is 18.2. The molecule has 0 bridgehead atoms. The van der Waals surface area contributed by atoms with Gasteiger partial charge in [0.05, 0.1) is 54.7 Å². The molecule has 59 heavy (non-hydrogen) atoms. The van der Waals surface area contributed by atoms with Gasteiger partial charge in [0.25, 0.3) is 0 Å². The molecule has 9 aromatic rings. The van der Waals surface area contributed by atoms with Gasteiger partial charge in [-0.15, -0.1) is 4.73 Å². The predicted molar refractivity (Wildman–Crippen MR) is 236 cm³/mol. The Morgan fingerprint density at radius 1 is 0.610 bits per heavy atom.